The Hall–Kier alpha value is -1.04. The minimum Gasteiger partial charge on any atom is -0.383 e. The van der Waals surface area contributed by atoms with Crippen molar-refractivity contribution in [1.82, 2.24) is 4.90 Å². The summed E-state index contributed by atoms with van der Waals surface area (Å²) in [5, 5.41) is 0. The topological polar surface area (TPSA) is 38.8 Å². The van der Waals surface area contributed by atoms with Crippen molar-refractivity contribution >= 4 is 18.5 Å². The molecular formula is C14H21NO3S. The lowest BCUT2D eigenvalue weighted by atomic mass is 10.1. The first kappa shape index (κ1) is 16.0. The smallest absolute Gasteiger partial charge is 0.254 e. The van der Waals surface area contributed by atoms with Gasteiger partial charge >= 0.3 is 0 Å². The van der Waals surface area contributed by atoms with Crippen LogP contribution >= 0.6 is 12.6 Å². The van der Waals surface area contributed by atoms with Crippen molar-refractivity contribution < 1.29 is 14.3 Å². The van der Waals surface area contributed by atoms with Gasteiger partial charge in [-0.2, -0.15) is 0 Å². The van der Waals surface area contributed by atoms with Gasteiger partial charge in [0.25, 0.3) is 5.91 Å². The van der Waals surface area contributed by atoms with E-state index in [2.05, 4.69) is 12.6 Å². The number of carbonyl (C=O) groups is 1. The molecule has 1 amide bonds. The molecule has 0 unspecified atom stereocenters. The molecule has 0 aromatic heterocycles. The van der Waals surface area contributed by atoms with Crippen LogP contribution in [0.1, 0.15) is 15.9 Å². The molecule has 5 heteroatoms. The van der Waals surface area contributed by atoms with Crippen LogP contribution in [-0.4, -0.2) is 51.3 Å². The summed E-state index contributed by atoms with van der Waals surface area (Å²) in [5.41, 5.74) is 1.63. The van der Waals surface area contributed by atoms with Crippen LogP contribution in [0.4, 0.5) is 0 Å². The Kier molecular flexibility index (Phi) is 6.91. The molecule has 0 radical (unpaired) electrons. The van der Waals surface area contributed by atoms with E-state index in [1.165, 1.54) is 0 Å². The fraction of sp³-hybridized carbons (Fsp3) is 0.500. The number of nitrogens with zero attached hydrogens (tertiary/aromatic N) is 1. The van der Waals surface area contributed by atoms with Gasteiger partial charge in [0.05, 0.1) is 13.2 Å². The standard InChI is InChI=1S/C14H21NO3S/c1-11-4-5-12(19)10-13(11)14(16)15(6-8-17-2)7-9-18-3/h4-5,10,19H,6-9H2,1-3H3. The molecule has 106 valence electrons. The third-order valence-electron chi connectivity index (χ3n) is 2.87. The number of methoxy groups -OCH3 is 2. The van der Waals surface area contributed by atoms with Crippen molar-refractivity contribution in [2.45, 2.75) is 11.8 Å². The second kappa shape index (κ2) is 8.19. The maximum absolute atomic E-state index is 12.5. The second-order valence-corrected chi connectivity index (χ2v) is 4.79. The molecule has 1 aromatic rings. The summed E-state index contributed by atoms with van der Waals surface area (Å²) in [5.74, 6) is -0.0116. The van der Waals surface area contributed by atoms with Gasteiger partial charge in [0, 0.05) is 37.8 Å². The number of hydrogen-bond donors (Lipinski definition) is 1. The highest BCUT2D eigenvalue weighted by molar-refractivity contribution is 7.80. The lowest BCUT2D eigenvalue weighted by Crippen LogP contribution is -2.36. The largest absolute Gasteiger partial charge is 0.383 e. The molecule has 0 aliphatic rings. The van der Waals surface area contributed by atoms with Gasteiger partial charge < -0.3 is 14.4 Å². The monoisotopic (exact) mass is 283 g/mol. The zero-order valence-electron chi connectivity index (χ0n) is 11.7. The maximum atomic E-state index is 12.5. The number of rotatable bonds is 7. The second-order valence-electron chi connectivity index (χ2n) is 4.28. The molecule has 0 aliphatic carbocycles. The fourth-order valence-corrected chi connectivity index (χ4v) is 1.93. The third kappa shape index (κ3) is 4.86. The number of amides is 1. The lowest BCUT2D eigenvalue weighted by Gasteiger charge is -2.23. The molecule has 0 bridgehead atoms. The van der Waals surface area contributed by atoms with E-state index in [1.54, 1.807) is 25.2 Å². The summed E-state index contributed by atoms with van der Waals surface area (Å²) < 4.78 is 10.1. The molecule has 0 spiro atoms. The van der Waals surface area contributed by atoms with Crippen molar-refractivity contribution in [2.24, 2.45) is 0 Å². The highest BCUT2D eigenvalue weighted by Gasteiger charge is 2.17. The molecule has 1 aromatic carbocycles. The molecule has 0 aliphatic heterocycles. The average molecular weight is 283 g/mol. The van der Waals surface area contributed by atoms with Gasteiger partial charge in [-0.05, 0) is 24.6 Å². The maximum Gasteiger partial charge on any atom is 0.254 e. The molecule has 0 heterocycles. The quantitative estimate of drug-likeness (QED) is 0.778. The first-order valence-corrected chi connectivity index (χ1v) is 6.61. The van der Waals surface area contributed by atoms with E-state index in [0.717, 1.165) is 10.5 Å². The Morgan fingerprint density at radius 1 is 1.21 bits per heavy atom. The van der Waals surface area contributed by atoms with Gasteiger partial charge in [-0.3, -0.25) is 4.79 Å². The molecule has 1 rings (SSSR count). The zero-order valence-corrected chi connectivity index (χ0v) is 12.6. The van der Waals surface area contributed by atoms with E-state index in [1.807, 2.05) is 19.1 Å². The van der Waals surface area contributed by atoms with E-state index in [4.69, 9.17) is 9.47 Å². The summed E-state index contributed by atoms with van der Waals surface area (Å²) >= 11 is 4.29. The number of benzene rings is 1. The van der Waals surface area contributed by atoms with Crippen LogP contribution in [0, 0.1) is 6.92 Å². The highest BCUT2D eigenvalue weighted by atomic mass is 32.1. The molecule has 0 atom stereocenters. The van der Waals surface area contributed by atoms with Gasteiger partial charge in [0.1, 0.15) is 0 Å². The van der Waals surface area contributed by atoms with Crippen LogP contribution in [-0.2, 0) is 9.47 Å². The Bertz CT molecular complexity index is 415. The molecular weight excluding hydrogens is 262 g/mol. The Morgan fingerprint density at radius 3 is 2.32 bits per heavy atom. The average Bonchev–Trinajstić information content (AvgIpc) is 2.41. The Balaban J connectivity index is 2.87. The van der Waals surface area contributed by atoms with Crippen LogP contribution in [0.15, 0.2) is 23.1 Å². The Morgan fingerprint density at radius 2 is 1.79 bits per heavy atom. The summed E-state index contributed by atoms with van der Waals surface area (Å²) in [4.78, 5) is 15.0. The van der Waals surface area contributed by atoms with E-state index in [-0.39, 0.29) is 5.91 Å². The van der Waals surface area contributed by atoms with Crippen LogP contribution in [0.25, 0.3) is 0 Å². The fourth-order valence-electron chi connectivity index (χ4n) is 1.73. The van der Waals surface area contributed by atoms with Crippen LogP contribution < -0.4 is 0 Å². The predicted molar refractivity (Wildman–Crippen MR) is 78.1 cm³/mol. The van der Waals surface area contributed by atoms with Gasteiger partial charge in [0.15, 0.2) is 0 Å². The highest BCUT2D eigenvalue weighted by Crippen LogP contribution is 2.16. The van der Waals surface area contributed by atoms with Crippen LogP contribution in [0.2, 0.25) is 0 Å². The van der Waals surface area contributed by atoms with Crippen molar-refractivity contribution in [3.05, 3.63) is 29.3 Å². The van der Waals surface area contributed by atoms with Gasteiger partial charge in [-0.1, -0.05) is 6.07 Å². The van der Waals surface area contributed by atoms with Gasteiger partial charge in [-0.25, -0.2) is 0 Å². The molecule has 0 saturated carbocycles. The minimum absolute atomic E-state index is 0.0116. The molecule has 0 saturated heterocycles. The Labute approximate surface area is 120 Å². The first-order chi connectivity index (χ1) is 9.10. The van der Waals surface area contributed by atoms with Crippen molar-refractivity contribution in [1.29, 1.82) is 0 Å². The molecule has 4 nitrogen and oxygen atoms in total. The van der Waals surface area contributed by atoms with Crippen LogP contribution in [0.5, 0.6) is 0 Å². The molecule has 0 fully saturated rings. The number of hydrogen-bond acceptors (Lipinski definition) is 4. The summed E-state index contributed by atoms with van der Waals surface area (Å²) in [6.07, 6.45) is 0. The normalized spacial score (nSPS) is 10.5. The minimum atomic E-state index is -0.0116. The first-order valence-electron chi connectivity index (χ1n) is 6.17. The molecule has 19 heavy (non-hydrogen) atoms. The molecule has 0 N–H and O–H groups in total. The number of thiol groups is 1. The number of ether oxygens (including phenoxy) is 2. The predicted octanol–water partition coefficient (Wildman–Crippen LogP) is 2.02. The SMILES string of the molecule is COCCN(CCOC)C(=O)c1cc(S)ccc1C. The summed E-state index contributed by atoms with van der Waals surface area (Å²) in [6, 6.07) is 5.58. The van der Waals surface area contributed by atoms with Crippen molar-refractivity contribution in [3.63, 3.8) is 0 Å². The van der Waals surface area contributed by atoms with Gasteiger partial charge in [-0.15, -0.1) is 12.6 Å². The third-order valence-corrected chi connectivity index (χ3v) is 3.15. The zero-order chi connectivity index (χ0) is 14.3. The summed E-state index contributed by atoms with van der Waals surface area (Å²) in [6.45, 7) is 4.04. The van der Waals surface area contributed by atoms with Crippen LogP contribution in [0.3, 0.4) is 0 Å². The summed E-state index contributed by atoms with van der Waals surface area (Å²) in [7, 11) is 3.25. The number of carbonyl (C=O) groups excluding carboxylic acids is 1. The van der Waals surface area contributed by atoms with E-state index < -0.39 is 0 Å². The van der Waals surface area contributed by atoms with E-state index in [9.17, 15) is 4.79 Å². The van der Waals surface area contributed by atoms with E-state index >= 15 is 0 Å². The van der Waals surface area contributed by atoms with Crippen molar-refractivity contribution in [2.75, 3.05) is 40.5 Å². The van der Waals surface area contributed by atoms with E-state index in [0.29, 0.717) is 31.9 Å². The number of aryl methyl sites for hydroxylation is 1. The van der Waals surface area contributed by atoms with Crippen molar-refractivity contribution in [3.8, 4) is 0 Å². The lowest BCUT2D eigenvalue weighted by molar-refractivity contribution is 0.0626. The van der Waals surface area contributed by atoms with Gasteiger partial charge in [0.2, 0.25) is 0 Å².